The lowest BCUT2D eigenvalue weighted by Crippen LogP contribution is -2.22. The zero-order chi connectivity index (χ0) is 13.5. The Morgan fingerprint density at radius 2 is 1.63 bits per heavy atom. The number of amides is 1. The summed E-state index contributed by atoms with van der Waals surface area (Å²) in [7, 11) is 0. The molecule has 0 bridgehead atoms. The van der Waals surface area contributed by atoms with E-state index < -0.39 is 0 Å². The lowest BCUT2D eigenvalue weighted by Gasteiger charge is -2.05. The van der Waals surface area contributed by atoms with Crippen molar-refractivity contribution >= 4 is 5.91 Å². The molecule has 98 valence electrons. The minimum absolute atomic E-state index is 0.00757. The molecule has 0 spiro atoms. The van der Waals surface area contributed by atoms with E-state index in [1.54, 1.807) is 12.1 Å². The van der Waals surface area contributed by atoms with Gasteiger partial charge < -0.3 is 5.32 Å². The predicted molar refractivity (Wildman–Crippen MR) is 73.0 cm³/mol. The van der Waals surface area contributed by atoms with Crippen LogP contribution in [0.4, 0.5) is 4.39 Å². The van der Waals surface area contributed by atoms with Gasteiger partial charge in [-0.1, -0.05) is 42.5 Å². The van der Waals surface area contributed by atoms with E-state index in [4.69, 9.17) is 0 Å². The molecule has 0 aliphatic heterocycles. The minimum Gasteiger partial charge on any atom is -0.352 e. The van der Waals surface area contributed by atoms with Gasteiger partial charge in [-0.25, -0.2) is 4.39 Å². The maximum Gasteiger partial charge on any atom is 0.220 e. The molecule has 2 aromatic rings. The summed E-state index contributed by atoms with van der Waals surface area (Å²) in [5.41, 5.74) is 2.05. The average Bonchev–Trinajstić information content (AvgIpc) is 2.45. The summed E-state index contributed by atoms with van der Waals surface area (Å²) in [6.07, 6.45) is 1.04. The molecule has 0 atom stereocenters. The van der Waals surface area contributed by atoms with E-state index in [1.807, 2.05) is 30.3 Å². The van der Waals surface area contributed by atoms with Crippen LogP contribution in [0.15, 0.2) is 54.6 Å². The predicted octanol–water partition coefficient (Wildman–Crippen LogP) is 3.07. The van der Waals surface area contributed by atoms with Crippen LogP contribution in [0.2, 0.25) is 0 Å². The van der Waals surface area contributed by atoms with Gasteiger partial charge in [0.15, 0.2) is 0 Å². The summed E-state index contributed by atoms with van der Waals surface area (Å²) in [6.45, 7) is 0.545. The molecule has 0 aliphatic rings. The summed E-state index contributed by atoms with van der Waals surface area (Å²) in [4.78, 5) is 11.7. The number of rotatable bonds is 5. The van der Waals surface area contributed by atoms with Gasteiger partial charge in [0.25, 0.3) is 0 Å². The Hall–Kier alpha value is -2.16. The maximum absolute atomic E-state index is 12.7. The first-order valence-electron chi connectivity index (χ1n) is 6.29. The van der Waals surface area contributed by atoms with Gasteiger partial charge in [-0.15, -0.1) is 0 Å². The third-order valence-corrected chi connectivity index (χ3v) is 2.89. The van der Waals surface area contributed by atoms with Gasteiger partial charge in [0.2, 0.25) is 5.91 Å². The molecule has 2 rings (SSSR count). The zero-order valence-electron chi connectivity index (χ0n) is 10.6. The number of hydrogen-bond acceptors (Lipinski definition) is 1. The van der Waals surface area contributed by atoms with Crippen molar-refractivity contribution in [3.63, 3.8) is 0 Å². The largest absolute Gasteiger partial charge is 0.352 e. The molecule has 0 heterocycles. The van der Waals surface area contributed by atoms with Gasteiger partial charge in [0, 0.05) is 13.0 Å². The molecule has 0 aromatic heterocycles. The molecule has 2 aromatic carbocycles. The number of halogens is 1. The van der Waals surface area contributed by atoms with E-state index in [0.717, 1.165) is 11.1 Å². The second-order valence-electron chi connectivity index (χ2n) is 4.39. The Labute approximate surface area is 112 Å². The monoisotopic (exact) mass is 257 g/mol. The molecule has 1 N–H and O–H groups in total. The SMILES string of the molecule is O=C(CCc1ccc(F)cc1)NCc1ccccc1. The molecule has 0 radical (unpaired) electrons. The lowest BCUT2D eigenvalue weighted by molar-refractivity contribution is -0.121. The zero-order valence-corrected chi connectivity index (χ0v) is 10.6. The van der Waals surface area contributed by atoms with Gasteiger partial charge in [0.1, 0.15) is 5.82 Å². The average molecular weight is 257 g/mol. The van der Waals surface area contributed by atoms with E-state index in [1.165, 1.54) is 12.1 Å². The molecule has 0 aliphatic carbocycles. The summed E-state index contributed by atoms with van der Waals surface area (Å²) >= 11 is 0. The highest BCUT2D eigenvalue weighted by Crippen LogP contribution is 2.05. The molecule has 0 saturated heterocycles. The molecule has 3 heteroatoms. The van der Waals surface area contributed by atoms with E-state index >= 15 is 0 Å². The van der Waals surface area contributed by atoms with E-state index in [-0.39, 0.29) is 11.7 Å². The molecule has 1 amide bonds. The maximum atomic E-state index is 12.7. The van der Waals surface area contributed by atoms with Crippen molar-refractivity contribution in [2.75, 3.05) is 0 Å². The van der Waals surface area contributed by atoms with Crippen LogP contribution in [-0.4, -0.2) is 5.91 Å². The summed E-state index contributed by atoms with van der Waals surface area (Å²) in [5.74, 6) is -0.245. The topological polar surface area (TPSA) is 29.1 Å². The standard InChI is InChI=1S/C16H16FNO/c17-15-9-6-13(7-10-15)8-11-16(19)18-12-14-4-2-1-3-5-14/h1-7,9-10H,8,11-12H2,(H,18,19). The van der Waals surface area contributed by atoms with E-state index in [9.17, 15) is 9.18 Å². The fourth-order valence-electron chi connectivity index (χ4n) is 1.79. The first-order chi connectivity index (χ1) is 9.24. The molecular weight excluding hydrogens is 241 g/mol. The van der Waals surface area contributed by atoms with Gasteiger partial charge in [0.05, 0.1) is 0 Å². The number of carbonyl (C=O) groups excluding carboxylic acids is 1. The van der Waals surface area contributed by atoms with Crippen molar-refractivity contribution in [2.24, 2.45) is 0 Å². The summed E-state index contributed by atoms with van der Waals surface area (Å²) in [6, 6.07) is 16.0. The summed E-state index contributed by atoms with van der Waals surface area (Å²) < 4.78 is 12.7. The molecule has 0 fully saturated rings. The highest BCUT2D eigenvalue weighted by Gasteiger charge is 2.02. The quantitative estimate of drug-likeness (QED) is 0.876. The number of aryl methyl sites for hydroxylation is 1. The van der Waals surface area contributed by atoms with Gasteiger partial charge in [-0.3, -0.25) is 4.79 Å². The highest BCUT2D eigenvalue weighted by molar-refractivity contribution is 5.76. The van der Waals surface area contributed by atoms with Crippen LogP contribution in [0.5, 0.6) is 0 Å². The van der Waals surface area contributed by atoms with Gasteiger partial charge in [-0.2, -0.15) is 0 Å². The smallest absolute Gasteiger partial charge is 0.220 e. The number of nitrogens with one attached hydrogen (secondary N) is 1. The third kappa shape index (κ3) is 4.54. The van der Waals surface area contributed by atoms with E-state index in [0.29, 0.717) is 19.4 Å². The fraction of sp³-hybridized carbons (Fsp3) is 0.188. The Bertz CT molecular complexity index is 522. The van der Waals surface area contributed by atoms with Crippen molar-refractivity contribution in [1.29, 1.82) is 0 Å². The molecule has 0 saturated carbocycles. The van der Waals surface area contributed by atoms with Crippen molar-refractivity contribution in [3.8, 4) is 0 Å². The molecule has 19 heavy (non-hydrogen) atoms. The Morgan fingerprint density at radius 1 is 0.947 bits per heavy atom. The third-order valence-electron chi connectivity index (χ3n) is 2.89. The Balaban J connectivity index is 1.74. The molecule has 0 unspecified atom stereocenters. The lowest BCUT2D eigenvalue weighted by atomic mass is 10.1. The number of carbonyl (C=O) groups is 1. The fourth-order valence-corrected chi connectivity index (χ4v) is 1.79. The highest BCUT2D eigenvalue weighted by atomic mass is 19.1. The van der Waals surface area contributed by atoms with Crippen LogP contribution in [-0.2, 0) is 17.8 Å². The minimum atomic E-state index is -0.253. The number of benzene rings is 2. The number of hydrogen-bond donors (Lipinski definition) is 1. The van der Waals surface area contributed by atoms with Gasteiger partial charge in [-0.05, 0) is 29.7 Å². The second kappa shape index (κ2) is 6.69. The van der Waals surface area contributed by atoms with Gasteiger partial charge >= 0.3 is 0 Å². The van der Waals surface area contributed by atoms with Crippen LogP contribution >= 0.6 is 0 Å². The van der Waals surface area contributed by atoms with Crippen LogP contribution in [0, 0.1) is 5.82 Å². The van der Waals surface area contributed by atoms with Crippen LogP contribution in [0.25, 0.3) is 0 Å². The normalized spacial score (nSPS) is 10.2. The van der Waals surface area contributed by atoms with Crippen molar-refractivity contribution in [3.05, 3.63) is 71.5 Å². The first kappa shape index (κ1) is 13.3. The van der Waals surface area contributed by atoms with E-state index in [2.05, 4.69) is 5.32 Å². The molecular formula is C16H16FNO. The van der Waals surface area contributed by atoms with Crippen LogP contribution < -0.4 is 5.32 Å². The molecule has 2 nitrogen and oxygen atoms in total. The van der Waals surface area contributed by atoms with Crippen LogP contribution in [0.3, 0.4) is 0 Å². The van der Waals surface area contributed by atoms with Crippen molar-refractivity contribution in [1.82, 2.24) is 5.32 Å². The van der Waals surface area contributed by atoms with Crippen molar-refractivity contribution in [2.45, 2.75) is 19.4 Å². The van der Waals surface area contributed by atoms with Crippen molar-refractivity contribution < 1.29 is 9.18 Å². The van der Waals surface area contributed by atoms with Crippen LogP contribution in [0.1, 0.15) is 17.5 Å². The second-order valence-corrected chi connectivity index (χ2v) is 4.39. The Morgan fingerprint density at radius 3 is 2.32 bits per heavy atom. The first-order valence-corrected chi connectivity index (χ1v) is 6.29. The summed E-state index contributed by atoms with van der Waals surface area (Å²) in [5, 5.41) is 2.87. The Kier molecular flexibility index (Phi) is 4.67.